The first-order chi connectivity index (χ1) is 10.0. The van der Waals surface area contributed by atoms with Crippen LogP contribution in [0, 0.1) is 17.2 Å². The van der Waals surface area contributed by atoms with Gasteiger partial charge in [0.15, 0.2) is 0 Å². The fourth-order valence-corrected chi connectivity index (χ4v) is 2.22. The number of aromatic nitrogens is 1. The van der Waals surface area contributed by atoms with Crippen LogP contribution >= 0.6 is 0 Å². The number of nitrogens with zero attached hydrogens (tertiary/aromatic N) is 2. The number of ether oxygens (including phenoxy) is 1. The molecule has 0 fully saturated rings. The molecule has 1 aromatic carbocycles. The van der Waals surface area contributed by atoms with Gasteiger partial charge in [-0.05, 0) is 30.0 Å². The Morgan fingerprint density at radius 2 is 1.81 bits per heavy atom. The van der Waals surface area contributed by atoms with Crippen molar-refractivity contribution >= 4 is 0 Å². The van der Waals surface area contributed by atoms with Gasteiger partial charge in [0.05, 0.1) is 24.8 Å². The van der Waals surface area contributed by atoms with Crippen LogP contribution in [0.2, 0.25) is 0 Å². The summed E-state index contributed by atoms with van der Waals surface area (Å²) in [5.74, 6) is 0.993. The zero-order chi connectivity index (χ0) is 15.5. The molecule has 0 radical (unpaired) electrons. The van der Waals surface area contributed by atoms with Crippen molar-refractivity contribution in [2.45, 2.75) is 26.2 Å². The van der Waals surface area contributed by atoms with Gasteiger partial charge < -0.3 is 4.74 Å². The van der Waals surface area contributed by atoms with Crippen molar-refractivity contribution in [2.75, 3.05) is 7.11 Å². The van der Waals surface area contributed by atoms with Gasteiger partial charge in [-0.2, -0.15) is 5.26 Å². The SMILES string of the molecule is COc1cncc(-c2ccc([C@](C)(C#N)C(C)C)cc2)c1. The molecule has 0 bridgehead atoms. The average Bonchev–Trinajstić information content (AvgIpc) is 2.54. The third-order valence-electron chi connectivity index (χ3n) is 4.15. The summed E-state index contributed by atoms with van der Waals surface area (Å²) in [7, 11) is 1.63. The van der Waals surface area contributed by atoms with Gasteiger partial charge in [-0.3, -0.25) is 4.98 Å². The normalized spacial score (nSPS) is 13.5. The van der Waals surface area contributed by atoms with Gasteiger partial charge >= 0.3 is 0 Å². The molecule has 3 nitrogen and oxygen atoms in total. The maximum absolute atomic E-state index is 9.49. The van der Waals surface area contributed by atoms with E-state index in [4.69, 9.17) is 4.74 Å². The molecule has 1 atom stereocenters. The molecule has 0 unspecified atom stereocenters. The zero-order valence-corrected chi connectivity index (χ0v) is 12.9. The van der Waals surface area contributed by atoms with Crippen molar-refractivity contribution in [1.82, 2.24) is 4.98 Å². The molecular weight excluding hydrogens is 260 g/mol. The van der Waals surface area contributed by atoms with E-state index in [9.17, 15) is 5.26 Å². The van der Waals surface area contributed by atoms with E-state index < -0.39 is 5.41 Å². The lowest BCUT2D eigenvalue weighted by atomic mass is 9.74. The van der Waals surface area contributed by atoms with E-state index in [0.717, 1.165) is 22.4 Å². The average molecular weight is 280 g/mol. The smallest absolute Gasteiger partial charge is 0.137 e. The quantitative estimate of drug-likeness (QED) is 0.843. The predicted molar refractivity (Wildman–Crippen MR) is 84.0 cm³/mol. The molecule has 0 aliphatic rings. The van der Waals surface area contributed by atoms with Crippen molar-refractivity contribution in [1.29, 1.82) is 5.26 Å². The van der Waals surface area contributed by atoms with Crippen LogP contribution in [0.5, 0.6) is 5.75 Å². The number of methoxy groups -OCH3 is 1. The summed E-state index contributed by atoms with van der Waals surface area (Å²) < 4.78 is 5.20. The van der Waals surface area contributed by atoms with Crippen LogP contribution in [0.3, 0.4) is 0 Å². The minimum atomic E-state index is -0.467. The molecule has 2 rings (SSSR count). The second-order valence-corrected chi connectivity index (χ2v) is 5.66. The highest BCUT2D eigenvalue weighted by Gasteiger charge is 2.30. The van der Waals surface area contributed by atoms with Crippen LogP contribution in [0.15, 0.2) is 42.7 Å². The van der Waals surface area contributed by atoms with Crippen LogP contribution < -0.4 is 4.74 Å². The molecule has 0 saturated carbocycles. The van der Waals surface area contributed by atoms with E-state index >= 15 is 0 Å². The highest BCUT2D eigenvalue weighted by molar-refractivity contribution is 5.64. The summed E-state index contributed by atoms with van der Waals surface area (Å²) in [6.45, 7) is 6.13. The molecule has 0 N–H and O–H groups in total. The Morgan fingerprint density at radius 1 is 1.14 bits per heavy atom. The predicted octanol–water partition coefficient (Wildman–Crippen LogP) is 4.19. The molecule has 2 aromatic rings. The first-order valence-corrected chi connectivity index (χ1v) is 7.02. The van der Waals surface area contributed by atoms with Crippen molar-refractivity contribution < 1.29 is 4.74 Å². The van der Waals surface area contributed by atoms with Crippen LogP contribution in [0.4, 0.5) is 0 Å². The largest absolute Gasteiger partial charge is 0.495 e. The summed E-state index contributed by atoms with van der Waals surface area (Å²) >= 11 is 0. The summed E-state index contributed by atoms with van der Waals surface area (Å²) in [5, 5.41) is 9.49. The van der Waals surface area contributed by atoms with E-state index in [2.05, 4.69) is 24.9 Å². The highest BCUT2D eigenvalue weighted by Crippen LogP contribution is 2.32. The number of pyridine rings is 1. The number of nitriles is 1. The second kappa shape index (κ2) is 5.97. The zero-order valence-electron chi connectivity index (χ0n) is 12.9. The first-order valence-electron chi connectivity index (χ1n) is 7.02. The topological polar surface area (TPSA) is 45.9 Å². The lowest BCUT2D eigenvalue weighted by Crippen LogP contribution is -2.26. The van der Waals surface area contributed by atoms with E-state index in [1.807, 2.05) is 43.5 Å². The van der Waals surface area contributed by atoms with E-state index in [1.54, 1.807) is 13.3 Å². The fourth-order valence-electron chi connectivity index (χ4n) is 2.22. The van der Waals surface area contributed by atoms with Crippen LogP contribution in [-0.2, 0) is 5.41 Å². The van der Waals surface area contributed by atoms with Gasteiger partial charge in [0.25, 0.3) is 0 Å². The maximum Gasteiger partial charge on any atom is 0.137 e. The summed E-state index contributed by atoms with van der Waals surface area (Å²) in [4.78, 5) is 4.17. The number of hydrogen-bond acceptors (Lipinski definition) is 3. The fraction of sp³-hybridized carbons (Fsp3) is 0.333. The molecule has 1 aromatic heterocycles. The lowest BCUT2D eigenvalue weighted by Gasteiger charge is -2.26. The molecular formula is C18H20N2O. The first kappa shape index (κ1) is 15.1. The molecule has 0 aliphatic carbocycles. The minimum Gasteiger partial charge on any atom is -0.495 e. The van der Waals surface area contributed by atoms with Crippen LogP contribution in [-0.4, -0.2) is 12.1 Å². The van der Waals surface area contributed by atoms with Gasteiger partial charge in [-0.1, -0.05) is 38.1 Å². The van der Waals surface area contributed by atoms with Gasteiger partial charge in [0, 0.05) is 11.8 Å². The lowest BCUT2D eigenvalue weighted by molar-refractivity contribution is 0.413. The van der Waals surface area contributed by atoms with E-state index in [-0.39, 0.29) is 5.92 Å². The second-order valence-electron chi connectivity index (χ2n) is 5.66. The highest BCUT2D eigenvalue weighted by atomic mass is 16.5. The Morgan fingerprint density at radius 3 is 2.33 bits per heavy atom. The molecule has 0 aliphatic heterocycles. The molecule has 108 valence electrons. The monoisotopic (exact) mass is 280 g/mol. The third kappa shape index (κ3) is 2.90. The maximum atomic E-state index is 9.49. The van der Waals surface area contributed by atoms with Crippen molar-refractivity contribution in [3.05, 3.63) is 48.3 Å². The number of benzene rings is 1. The summed E-state index contributed by atoms with van der Waals surface area (Å²) in [6.07, 6.45) is 3.49. The molecule has 1 heterocycles. The third-order valence-corrected chi connectivity index (χ3v) is 4.15. The van der Waals surface area contributed by atoms with E-state index in [1.165, 1.54) is 0 Å². The molecule has 3 heteroatoms. The Balaban J connectivity index is 2.37. The van der Waals surface area contributed by atoms with Gasteiger partial charge in [0.1, 0.15) is 5.75 Å². The van der Waals surface area contributed by atoms with Gasteiger partial charge in [0.2, 0.25) is 0 Å². The Labute approximate surface area is 126 Å². The van der Waals surface area contributed by atoms with Crippen LogP contribution in [0.1, 0.15) is 26.3 Å². The van der Waals surface area contributed by atoms with Gasteiger partial charge in [-0.25, -0.2) is 0 Å². The molecule has 21 heavy (non-hydrogen) atoms. The summed E-state index contributed by atoms with van der Waals surface area (Å²) in [6, 6.07) is 12.5. The van der Waals surface area contributed by atoms with Crippen molar-refractivity contribution in [2.24, 2.45) is 5.92 Å². The summed E-state index contributed by atoms with van der Waals surface area (Å²) in [5.41, 5.74) is 2.64. The Kier molecular flexibility index (Phi) is 4.28. The van der Waals surface area contributed by atoms with Crippen molar-refractivity contribution in [3.63, 3.8) is 0 Å². The molecule has 0 spiro atoms. The minimum absolute atomic E-state index is 0.256. The number of hydrogen-bond donors (Lipinski definition) is 0. The Bertz CT molecular complexity index is 656. The Hall–Kier alpha value is -2.34. The van der Waals surface area contributed by atoms with Crippen molar-refractivity contribution in [3.8, 4) is 22.9 Å². The van der Waals surface area contributed by atoms with Crippen LogP contribution in [0.25, 0.3) is 11.1 Å². The number of rotatable bonds is 4. The standard InChI is InChI=1S/C18H20N2O/c1-13(2)18(3,12-19)16-7-5-14(6-8-16)15-9-17(21-4)11-20-10-15/h5-11,13H,1-4H3/t18-/m1/s1. The van der Waals surface area contributed by atoms with Gasteiger partial charge in [-0.15, -0.1) is 0 Å². The molecule has 0 saturated heterocycles. The molecule has 0 amide bonds. The van der Waals surface area contributed by atoms with E-state index in [0.29, 0.717) is 0 Å².